The van der Waals surface area contributed by atoms with Gasteiger partial charge in [0.2, 0.25) is 5.95 Å². The molecule has 15 aromatic rings. The summed E-state index contributed by atoms with van der Waals surface area (Å²) in [6.45, 7) is 9.42. The van der Waals surface area contributed by atoms with Crippen LogP contribution in [0, 0.1) is 0 Å². The SMILES string of the molecule is CC1(C)c2ccccc2-c2ccc(-c3ccc4c5ccccc5n(-c5cccc(-c6cc(-c7cccc(-c8cccc(-c9ccccc9)c8)c7)nc(-n7c8ccccc8c8ccc(-c9ccc%10c(c9)C(C)(C)c9ccccc9-%10)cc87)n6)c5)c4c3)cc21. The topological polar surface area (TPSA) is 35.6 Å². The van der Waals surface area contributed by atoms with E-state index in [1.807, 2.05) is 0 Å². The molecule has 0 spiro atoms. The average molecular weight is 1100 g/mol. The first-order valence-corrected chi connectivity index (χ1v) is 29.9. The Bertz CT molecular complexity index is 5300. The summed E-state index contributed by atoms with van der Waals surface area (Å²) < 4.78 is 4.73. The summed E-state index contributed by atoms with van der Waals surface area (Å²) in [5.74, 6) is 0.607. The highest BCUT2D eigenvalue weighted by molar-refractivity contribution is 6.11. The molecule has 3 aromatic heterocycles. The van der Waals surface area contributed by atoms with E-state index in [0.717, 1.165) is 77.7 Å². The molecule has 0 saturated carbocycles. The molecule has 4 heteroatoms. The van der Waals surface area contributed by atoms with E-state index in [0.29, 0.717) is 5.95 Å². The third kappa shape index (κ3) is 7.69. The van der Waals surface area contributed by atoms with Crippen molar-refractivity contribution in [3.63, 3.8) is 0 Å². The summed E-state index contributed by atoms with van der Waals surface area (Å²) in [5.41, 5.74) is 29.0. The zero-order valence-corrected chi connectivity index (χ0v) is 48.3. The molecule has 2 aliphatic rings. The van der Waals surface area contributed by atoms with Gasteiger partial charge in [-0.3, -0.25) is 4.57 Å². The van der Waals surface area contributed by atoms with Gasteiger partial charge in [-0.1, -0.05) is 240 Å². The summed E-state index contributed by atoms with van der Waals surface area (Å²) in [4.78, 5) is 11.3. The van der Waals surface area contributed by atoms with E-state index in [1.54, 1.807) is 0 Å². The molecule has 0 N–H and O–H groups in total. The molecule has 0 atom stereocenters. The van der Waals surface area contributed by atoms with Crippen LogP contribution in [-0.2, 0) is 10.8 Å². The average Bonchev–Trinajstić information content (AvgIpc) is 2.99. The van der Waals surface area contributed by atoms with Crippen molar-refractivity contribution < 1.29 is 0 Å². The van der Waals surface area contributed by atoms with E-state index in [9.17, 15) is 0 Å². The van der Waals surface area contributed by atoms with Gasteiger partial charge < -0.3 is 4.57 Å². The first-order valence-electron chi connectivity index (χ1n) is 29.9. The molecule has 2 aliphatic carbocycles. The lowest BCUT2D eigenvalue weighted by atomic mass is 9.81. The smallest absolute Gasteiger partial charge is 0.235 e. The van der Waals surface area contributed by atoms with Crippen LogP contribution >= 0.6 is 0 Å². The molecule has 0 unspecified atom stereocenters. The van der Waals surface area contributed by atoms with Crippen LogP contribution in [0.2, 0.25) is 0 Å². The van der Waals surface area contributed by atoms with Crippen molar-refractivity contribution in [3.05, 3.63) is 301 Å². The maximum atomic E-state index is 5.69. The fourth-order valence-corrected chi connectivity index (χ4v) is 14.6. The Hall–Kier alpha value is -10.7. The molecule has 4 nitrogen and oxygen atoms in total. The Morgan fingerprint density at radius 2 is 0.628 bits per heavy atom. The van der Waals surface area contributed by atoms with E-state index in [1.165, 1.54) is 83.1 Å². The summed E-state index contributed by atoms with van der Waals surface area (Å²) in [7, 11) is 0. The van der Waals surface area contributed by atoms with Crippen LogP contribution in [0.1, 0.15) is 49.9 Å². The predicted molar refractivity (Wildman–Crippen MR) is 358 cm³/mol. The van der Waals surface area contributed by atoms with Gasteiger partial charge in [0.1, 0.15) is 0 Å². The lowest BCUT2D eigenvalue weighted by molar-refractivity contribution is 0.660. The fourth-order valence-electron chi connectivity index (χ4n) is 14.6. The maximum absolute atomic E-state index is 5.69. The summed E-state index contributed by atoms with van der Waals surface area (Å²) in [6, 6.07) is 103. The summed E-state index contributed by atoms with van der Waals surface area (Å²) in [5, 5.41) is 4.72. The standard InChI is InChI=1S/C82H58N4/c1-81(2)70-31-12-8-27-62(70)64-39-35-55(46-72(64)81)57-37-41-68-66-29-10-14-33-76(66)85(78(68)48-57)61-26-18-25-60(45-61)75-50-74(59-24-17-23-54(44-59)53-22-16-21-52(43-53)51-19-6-5-7-20-51)83-80(84-75)86-77-34-15-11-30-67(77)69-42-38-58(49-79(69)86)56-36-40-65-63-28-9-13-32-71(63)82(3,4)73(65)47-56/h5-50H,1-4H3. The number of benzene rings is 12. The second-order valence-corrected chi connectivity index (χ2v) is 24.5. The van der Waals surface area contributed by atoms with E-state index < -0.39 is 0 Å². The molecule has 17 rings (SSSR count). The second-order valence-electron chi connectivity index (χ2n) is 24.5. The van der Waals surface area contributed by atoms with Crippen molar-refractivity contribution in [2.45, 2.75) is 38.5 Å². The first kappa shape index (κ1) is 49.9. The molecule has 0 radical (unpaired) electrons. The second kappa shape index (κ2) is 18.9. The molecular weight excluding hydrogens is 1040 g/mol. The van der Waals surface area contributed by atoms with Crippen LogP contribution in [-0.4, -0.2) is 19.1 Å². The van der Waals surface area contributed by atoms with E-state index in [-0.39, 0.29) is 10.8 Å². The van der Waals surface area contributed by atoms with Gasteiger partial charge in [0.05, 0.1) is 33.5 Å². The predicted octanol–water partition coefficient (Wildman–Crippen LogP) is 21.3. The van der Waals surface area contributed by atoms with Crippen LogP contribution in [0.4, 0.5) is 0 Å². The monoisotopic (exact) mass is 1100 g/mol. The molecule has 0 aliphatic heterocycles. The number of para-hydroxylation sites is 2. The zero-order valence-electron chi connectivity index (χ0n) is 48.3. The number of rotatable bonds is 8. The molecule has 12 aromatic carbocycles. The van der Waals surface area contributed by atoms with Crippen molar-refractivity contribution >= 4 is 43.6 Å². The Kier molecular flexibility index (Phi) is 11.0. The number of hydrogen-bond acceptors (Lipinski definition) is 2. The Morgan fingerprint density at radius 1 is 0.244 bits per heavy atom. The molecule has 406 valence electrons. The van der Waals surface area contributed by atoms with Crippen LogP contribution in [0.15, 0.2) is 279 Å². The van der Waals surface area contributed by atoms with Gasteiger partial charge in [0.15, 0.2) is 0 Å². The van der Waals surface area contributed by atoms with E-state index in [2.05, 4.69) is 316 Å². The van der Waals surface area contributed by atoms with Crippen LogP contribution in [0.5, 0.6) is 0 Å². The van der Waals surface area contributed by atoms with Gasteiger partial charge in [0, 0.05) is 49.2 Å². The molecule has 86 heavy (non-hydrogen) atoms. The lowest BCUT2D eigenvalue weighted by Crippen LogP contribution is -2.14. The van der Waals surface area contributed by atoms with Crippen molar-refractivity contribution in [2.24, 2.45) is 0 Å². The Morgan fingerprint density at radius 3 is 1.21 bits per heavy atom. The first-order chi connectivity index (χ1) is 42.1. The molecule has 0 saturated heterocycles. The Labute approximate surface area is 500 Å². The Balaban J connectivity index is 0.839. The fraction of sp³-hybridized carbons (Fsp3) is 0.0732. The molecule has 3 heterocycles. The summed E-state index contributed by atoms with van der Waals surface area (Å²) in [6.07, 6.45) is 0. The molecular formula is C82H58N4. The largest absolute Gasteiger partial charge is 0.309 e. The zero-order chi connectivity index (χ0) is 57.4. The number of hydrogen-bond donors (Lipinski definition) is 0. The quantitative estimate of drug-likeness (QED) is 0.152. The van der Waals surface area contributed by atoms with Gasteiger partial charge in [0.25, 0.3) is 0 Å². The van der Waals surface area contributed by atoms with Crippen molar-refractivity contribution in [1.29, 1.82) is 0 Å². The van der Waals surface area contributed by atoms with E-state index >= 15 is 0 Å². The minimum atomic E-state index is -0.121. The minimum absolute atomic E-state index is 0.0992. The van der Waals surface area contributed by atoms with Crippen molar-refractivity contribution in [1.82, 2.24) is 19.1 Å². The number of fused-ring (bicyclic) bond motifs is 12. The molecule has 0 fully saturated rings. The van der Waals surface area contributed by atoms with Crippen molar-refractivity contribution in [3.8, 4) is 101 Å². The summed E-state index contributed by atoms with van der Waals surface area (Å²) >= 11 is 0. The third-order valence-corrected chi connectivity index (χ3v) is 19.0. The van der Waals surface area contributed by atoms with Gasteiger partial charge in [-0.25, -0.2) is 9.97 Å². The van der Waals surface area contributed by atoms with Gasteiger partial charge >= 0.3 is 0 Å². The third-order valence-electron chi connectivity index (χ3n) is 19.0. The number of nitrogens with zero attached hydrogens (tertiary/aromatic N) is 4. The van der Waals surface area contributed by atoms with E-state index in [4.69, 9.17) is 9.97 Å². The highest BCUT2D eigenvalue weighted by atomic mass is 15.2. The van der Waals surface area contributed by atoms with Gasteiger partial charge in [-0.05, 0) is 156 Å². The molecule has 0 bridgehead atoms. The van der Waals surface area contributed by atoms with Crippen LogP contribution in [0.25, 0.3) is 145 Å². The van der Waals surface area contributed by atoms with Crippen LogP contribution < -0.4 is 0 Å². The van der Waals surface area contributed by atoms with Crippen LogP contribution in [0.3, 0.4) is 0 Å². The number of aromatic nitrogens is 4. The normalized spacial score (nSPS) is 13.5. The molecule has 0 amide bonds. The highest BCUT2D eigenvalue weighted by Crippen LogP contribution is 2.52. The van der Waals surface area contributed by atoms with Gasteiger partial charge in [-0.2, -0.15) is 0 Å². The minimum Gasteiger partial charge on any atom is -0.309 e. The van der Waals surface area contributed by atoms with Gasteiger partial charge in [-0.15, -0.1) is 0 Å². The lowest BCUT2D eigenvalue weighted by Gasteiger charge is -2.22. The maximum Gasteiger partial charge on any atom is 0.235 e. The highest BCUT2D eigenvalue weighted by Gasteiger charge is 2.37. The van der Waals surface area contributed by atoms with Crippen molar-refractivity contribution in [2.75, 3.05) is 0 Å².